The molecule has 0 saturated carbocycles. The number of carbonyl (C=O) groups is 2. The topological polar surface area (TPSA) is 71.1 Å². The van der Waals surface area contributed by atoms with Crippen molar-refractivity contribution in [1.29, 1.82) is 0 Å². The summed E-state index contributed by atoms with van der Waals surface area (Å²) in [6.45, 7) is 8.01. The fourth-order valence-corrected chi connectivity index (χ4v) is 3.34. The molecule has 29 heavy (non-hydrogen) atoms. The Kier molecular flexibility index (Phi) is 8.16. The molecule has 0 aliphatic rings. The van der Waals surface area contributed by atoms with E-state index in [4.69, 9.17) is 11.6 Å². The van der Waals surface area contributed by atoms with Crippen LogP contribution < -0.4 is 10.6 Å². The van der Waals surface area contributed by atoms with Crippen LogP contribution >= 0.6 is 11.6 Å². The summed E-state index contributed by atoms with van der Waals surface area (Å²) in [5, 5.41) is 5.44. The van der Waals surface area contributed by atoms with Crippen LogP contribution in [0.1, 0.15) is 41.7 Å². The number of nitrogens with zero attached hydrogens (tertiary/aromatic N) is 1. The molecule has 5 nitrogen and oxygen atoms in total. The van der Waals surface area contributed by atoms with Crippen molar-refractivity contribution in [3.8, 4) is 0 Å². The van der Waals surface area contributed by atoms with Crippen molar-refractivity contribution in [1.82, 2.24) is 10.3 Å². The first-order valence-electron chi connectivity index (χ1n) is 9.33. The zero-order chi connectivity index (χ0) is 21.4. The van der Waals surface area contributed by atoms with Crippen LogP contribution in [0.2, 0.25) is 0 Å². The summed E-state index contributed by atoms with van der Waals surface area (Å²) >= 11 is 6.07. The van der Waals surface area contributed by atoms with Crippen molar-refractivity contribution in [3.05, 3.63) is 70.4 Å². The van der Waals surface area contributed by atoms with Gasteiger partial charge in [-0.1, -0.05) is 18.2 Å². The van der Waals surface area contributed by atoms with Gasteiger partial charge in [-0.05, 0) is 72.4 Å². The average Bonchev–Trinajstić information content (AvgIpc) is 2.67. The zero-order valence-electron chi connectivity index (χ0n) is 17.2. The molecule has 2 amide bonds. The van der Waals surface area contributed by atoms with Crippen LogP contribution in [0.15, 0.2) is 42.6 Å². The number of halogens is 1. The van der Waals surface area contributed by atoms with Crippen LogP contribution in [0.5, 0.6) is 0 Å². The van der Waals surface area contributed by atoms with E-state index in [9.17, 15) is 9.59 Å². The molecule has 1 heterocycles. The Morgan fingerprint density at radius 3 is 2.52 bits per heavy atom. The first-order valence-corrected chi connectivity index (χ1v) is 9.87. The molecular formula is C23H26ClN3O2. The Bertz CT molecular complexity index is 947. The fourth-order valence-electron chi connectivity index (χ4n) is 2.93. The maximum atomic E-state index is 12.0. The number of pyridine rings is 1. The van der Waals surface area contributed by atoms with Gasteiger partial charge in [-0.25, -0.2) is 4.98 Å². The predicted molar refractivity (Wildman–Crippen MR) is 120 cm³/mol. The highest BCUT2D eigenvalue weighted by molar-refractivity contribution is 6.17. The van der Waals surface area contributed by atoms with E-state index in [1.807, 2.05) is 13.0 Å². The predicted octanol–water partition coefficient (Wildman–Crippen LogP) is 4.63. The highest BCUT2D eigenvalue weighted by Gasteiger charge is 2.07. The molecule has 152 valence electrons. The van der Waals surface area contributed by atoms with E-state index in [2.05, 4.69) is 41.6 Å². The summed E-state index contributed by atoms with van der Waals surface area (Å²) in [6, 6.07) is 7.63. The number of alkyl halides is 1. The maximum absolute atomic E-state index is 12.0. The van der Waals surface area contributed by atoms with Gasteiger partial charge in [-0.2, -0.15) is 0 Å². The van der Waals surface area contributed by atoms with Crippen molar-refractivity contribution in [2.45, 2.75) is 33.6 Å². The first kappa shape index (κ1) is 22.4. The summed E-state index contributed by atoms with van der Waals surface area (Å²) in [4.78, 5) is 27.1. The molecule has 2 rings (SSSR count). The number of anilines is 1. The lowest BCUT2D eigenvalue weighted by molar-refractivity contribution is -0.116. The highest BCUT2D eigenvalue weighted by Crippen LogP contribution is 2.25. The van der Waals surface area contributed by atoms with Crippen molar-refractivity contribution in [3.63, 3.8) is 0 Å². The van der Waals surface area contributed by atoms with Crippen molar-refractivity contribution in [2.75, 3.05) is 11.9 Å². The summed E-state index contributed by atoms with van der Waals surface area (Å²) < 4.78 is 0. The maximum Gasteiger partial charge on any atom is 0.244 e. The Labute approximate surface area is 176 Å². The molecule has 1 aromatic heterocycles. The second-order valence-corrected chi connectivity index (χ2v) is 7.06. The number of hydrogen-bond acceptors (Lipinski definition) is 3. The molecule has 0 aliphatic heterocycles. The minimum Gasteiger partial charge on any atom is -0.349 e. The molecule has 0 spiro atoms. The van der Waals surface area contributed by atoms with E-state index in [-0.39, 0.29) is 11.8 Å². The molecule has 0 bridgehead atoms. The second-order valence-electron chi connectivity index (χ2n) is 6.79. The molecule has 6 heteroatoms. The first-order chi connectivity index (χ1) is 13.8. The number of nitrogens with one attached hydrogen (secondary N) is 2. The van der Waals surface area contributed by atoms with E-state index in [0.29, 0.717) is 18.2 Å². The highest BCUT2D eigenvalue weighted by atomic mass is 35.5. The monoisotopic (exact) mass is 411 g/mol. The lowest BCUT2D eigenvalue weighted by Crippen LogP contribution is -2.20. The van der Waals surface area contributed by atoms with Crippen LogP contribution in [0, 0.1) is 13.8 Å². The SMILES string of the molecule is CC(=O)Nc1ccc(/C=C/C(=O)NC/C=C(/C)c2ccc(C)c(CCl)c2C)cn1. The van der Waals surface area contributed by atoms with Crippen molar-refractivity contribution < 1.29 is 9.59 Å². The molecule has 0 unspecified atom stereocenters. The fraction of sp³-hybridized carbons (Fsp3) is 0.261. The van der Waals surface area contributed by atoms with E-state index >= 15 is 0 Å². The molecule has 2 N–H and O–H groups in total. The Balaban J connectivity index is 1.93. The number of hydrogen-bond donors (Lipinski definition) is 2. The van der Waals surface area contributed by atoms with Gasteiger partial charge >= 0.3 is 0 Å². The number of rotatable bonds is 7. The van der Waals surface area contributed by atoms with E-state index in [1.165, 1.54) is 24.1 Å². The van der Waals surface area contributed by atoms with Gasteiger partial charge in [0.05, 0.1) is 0 Å². The molecule has 0 saturated heterocycles. The number of benzene rings is 1. The van der Waals surface area contributed by atoms with E-state index < -0.39 is 0 Å². The quantitative estimate of drug-likeness (QED) is 0.515. The number of allylic oxidation sites excluding steroid dienone is 1. The number of amides is 2. The molecular weight excluding hydrogens is 386 g/mol. The van der Waals surface area contributed by atoms with Gasteiger partial charge in [-0.3, -0.25) is 9.59 Å². The lowest BCUT2D eigenvalue weighted by atomic mass is 9.94. The average molecular weight is 412 g/mol. The van der Waals surface area contributed by atoms with Crippen LogP contribution in [0.4, 0.5) is 5.82 Å². The van der Waals surface area contributed by atoms with Gasteiger partial charge in [0.15, 0.2) is 0 Å². The summed E-state index contributed by atoms with van der Waals surface area (Å²) in [7, 11) is 0. The van der Waals surface area contributed by atoms with Gasteiger partial charge in [0.2, 0.25) is 11.8 Å². The molecule has 2 aromatic rings. The Hall–Kier alpha value is -2.92. The zero-order valence-corrected chi connectivity index (χ0v) is 17.9. The Morgan fingerprint density at radius 1 is 1.14 bits per heavy atom. The van der Waals surface area contributed by atoms with Crippen LogP contribution in [0.25, 0.3) is 11.6 Å². The third-order valence-corrected chi connectivity index (χ3v) is 4.86. The smallest absolute Gasteiger partial charge is 0.244 e. The van der Waals surface area contributed by atoms with Gasteiger partial charge in [0.25, 0.3) is 0 Å². The molecule has 0 atom stereocenters. The Morgan fingerprint density at radius 2 is 1.90 bits per heavy atom. The molecule has 0 fully saturated rings. The van der Waals surface area contributed by atoms with Crippen molar-refractivity contribution >= 4 is 40.9 Å². The number of aryl methyl sites for hydroxylation is 1. The minimum absolute atomic E-state index is 0.178. The van der Waals surface area contributed by atoms with E-state index in [1.54, 1.807) is 24.4 Å². The van der Waals surface area contributed by atoms with Crippen LogP contribution in [-0.2, 0) is 15.5 Å². The third kappa shape index (κ3) is 6.57. The summed E-state index contributed by atoms with van der Waals surface area (Å²) in [5.74, 6) is 0.592. The molecule has 0 radical (unpaired) electrons. The standard InChI is InChI=1S/C23H26ClN3O2/c1-15-5-8-20(17(3)21(15)13-24)16(2)11-12-25-23(29)10-7-19-6-9-22(26-14-19)27-18(4)28/h5-11,14H,12-13H2,1-4H3,(H,25,29)(H,26,27,28)/b10-7+,16-11-. The van der Waals surface area contributed by atoms with Crippen LogP contribution in [-0.4, -0.2) is 23.3 Å². The van der Waals surface area contributed by atoms with Crippen molar-refractivity contribution in [2.24, 2.45) is 0 Å². The normalized spacial score (nSPS) is 11.6. The largest absolute Gasteiger partial charge is 0.349 e. The minimum atomic E-state index is -0.193. The summed E-state index contributed by atoms with van der Waals surface area (Å²) in [5.41, 5.74) is 6.52. The van der Waals surface area contributed by atoms with E-state index in [0.717, 1.165) is 22.3 Å². The van der Waals surface area contributed by atoms with Gasteiger partial charge in [0.1, 0.15) is 5.82 Å². The van der Waals surface area contributed by atoms with Crippen LogP contribution in [0.3, 0.4) is 0 Å². The molecule has 1 aromatic carbocycles. The summed E-state index contributed by atoms with van der Waals surface area (Å²) in [6.07, 6.45) is 6.72. The number of aromatic nitrogens is 1. The van der Waals surface area contributed by atoms with Gasteiger partial charge in [-0.15, -0.1) is 11.6 Å². The number of carbonyl (C=O) groups excluding carboxylic acids is 2. The van der Waals surface area contributed by atoms with Gasteiger partial charge in [0, 0.05) is 31.6 Å². The molecule has 0 aliphatic carbocycles. The lowest BCUT2D eigenvalue weighted by Gasteiger charge is -2.13. The second kappa shape index (κ2) is 10.6. The van der Waals surface area contributed by atoms with Gasteiger partial charge < -0.3 is 10.6 Å². The third-order valence-electron chi connectivity index (χ3n) is 4.59.